The normalized spacial score (nSPS) is 21.0. The van der Waals surface area contributed by atoms with Gasteiger partial charge < -0.3 is 5.32 Å². The molecule has 3 rings (SSSR count). The number of hydrogen-bond acceptors (Lipinski definition) is 4. The van der Waals surface area contributed by atoms with Crippen molar-refractivity contribution >= 4 is 51.5 Å². The summed E-state index contributed by atoms with van der Waals surface area (Å²) in [7, 11) is -3.39. The van der Waals surface area contributed by atoms with Gasteiger partial charge >= 0.3 is 6.18 Å². The highest BCUT2D eigenvalue weighted by molar-refractivity contribution is 7.89. The Bertz CT molecular complexity index is 1030. The van der Waals surface area contributed by atoms with Crippen LogP contribution >= 0.6 is 35.6 Å². The molecule has 206 valence electrons. The maximum Gasteiger partial charge on any atom is 0.416 e. The van der Waals surface area contributed by atoms with E-state index in [1.54, 1.807) is 6.92 Å². The molecule has 6 nitrogen and oxygen atoms in total. The number of hydrogen-bond donors (Lipinski definition) is 1. The monoisotopic (exact) mass is 601 g/mol. The first-order valence-electron chi connectivity index (χ1n) is 11.1. The molecule has 1 heterocycles. The number of piperazine rings is 1. The number of sulfonamides is 1. The third-order valence-electron chi connectivity index (χ3n) is 6.75. The Balaban J connectivity index is 0.00000456. The molecule has 1 aromatic rings. The number of halogens is 8. The fourth-order valence-electron chi connectivity index (χ4n) is 4.60. The predicted octanol–water partition coefficient (Wildman–Crippen LogP) is 5.08. The van der Waals surface area contributed by atoms with Crippen LogP contribution in [-0.2, 0) is 16.2 Å². The van der Waals surface area contributed by atoms with Crippen molar-refractivity contribution in [1.82, 2.24) is 14.5 Å². The van der Waals surface area contributed by atoms with Gasteiger partial charge in [-0.25, -0.2) is 17.2 Å². The molecule has 0 aromatic heterocycles. The zero-order chi connectivity index (χ0) is 26.2. The fraction of sp³-hybridized carbons (Fsp3) is 0.667. The van der Waals surface area contributed by atoms with E-state index in [2.05, 4.69) is 5.32 Å². The molecular formula is C21H27Cl3F5N3O3S. The molecule has 0 unspecified atom stereocenters. The molecule has 15 heteroatoms. The van der Waals surface area contributed by atoms with E-state index in [0.717, 1.165) is 0 Å². The lowest BCUT2D eigenvalue weighted by molar-refractivity contribution is -0.137. The van der Waals surface area contributed by atoms with Gasteiger partial charge in [-0.05, 0) is 31.9 Å². The highest BCUT2D eigenvalue weighted by Crippen LogP contribution is 2.42. The predicted molar refractivity (Wildman–Crippen MR) is 130 cm³/mol. The minimum absolute atomic E-state index is 0. The molecule has 0 atom stereocenters. The third kappa shape index (κ3) is 6.93. The Morgan fingerprint density at radius 1 is 1.03 bits per heavy atom. The van der Waals surface area contributed by atoms with Crippen LogP contribution in [0.25, 0.3) is 0 Å². The van der Waals surface area contributed by atoms with E-state index >= 15 is 0 Å². The van der Waals surface area contributed by atoms with Gasteiger partial charge in [0.05, 0.1) is 26.9 Å². The second-order valence-electron chi connectivity index (χ2n) is 8.86. The maximum absolute atomic E-state index is 14.0. The number of nitrogens with one attached hydrogen (secondary N) is 1. The van der Waals surface area contributed by atoms with Crippen LogP contribution in [0.3, 0.4) is 0 Å². The average Bonchev–Trinajstić information content (AvgIpc) is 2.78. The highest BCUT2D eigenvalue weighted by Gasteiger charge is 2.48. The smallest absolute Gasteiger partial charge is 0.350 e. The van der Waals surface area contributed by atoms with Crippen LogP contribution in [0.2, 0.25) is 10.0 Å². The van der Waals surface area contributed by atoms with Crippen molar-refractivity contribution in [2.75, 3.05) is 38.5 Å². The van der Waals surface area contributed by atoms with Crippen molar-refractivity contribution in [2.45, 2.75) is 50.2 Å². The van der Waals surface area contributed by atoms with Gasteiger partial charge in [0.1, 0.15) is 0 Å². The SMILES string of the molecule is CCS(=O)(=O)N1CCN(C2(CNC(=O)c3c(Cl)cc(C(F)(F)F)cc3Cl)CCC(F)(F)CC2)CC1.Cl. The Morgan fingerprint density at radius 2 is 1.53 bits per heavy atom. The number of amides is 1. The second-order valence-corrected chi connectivity index (χ2v) is 11.9. The lowest BCUT2D eigenvalue weighted by atomic mass is 9.78. The molecule has 0 radical (unpaired) electrons. The van der Waals surface area contributed by atoms with Crippen LogP contribution in [0.1, 0.15) is 48.5 Å². The van der Waals surface area contributed by atoms with Gasteiger partial charge in [0.25, 0.3) is 5.91 Å². The van der Waals surface area contributed by atoms with Crippen LogP contribution in [0.4, 0.5) is 22.0 Å². The summed E-state index contributed by atoms with van der Waals surface area (Å²) in [6.07, 6.45) is -5.41. The molecule has 1 N–H and O–H groups in total. The number of rotatable bonds is 6. The van der Waals surface area contributed by atoms with E-state index in [4.69, 9.17) is 23.2 Å². The molecule has 2 fully saturated rings. The van der Waals surface area contributed by atoms with E-state index in [1.165, 1.54) is 4.31 Å². The van der Waals surface area contributed by atoms with Gasteiger partial charge in [0.15, 0.2) is 0 Å². The van der Waals surface area contributed by atoms with Crippen molar-refractivity contribution in [3.8, 4) is 0 Å². The quantitative estimate of drug-likeness (QED) is 0.462. The number of nitrogens with zero attached hydrogens (tertiary/aromatic N) is 2. The second kappa shape index (κ2) is 11.4. The highest BCUT2D eigenvalue weighted by atomic mass is 35.5. The van der Waals surface area contributed by atoms with Crippen molar-refractivity contribution < 1.29 is 35.2 Å². The molecule has 1 saturated carbocycles. The summed E-state index contributed by atoms with van der Waals surface area (Å²) in [5, 5.41) is 1.66. The topological polar surface area (TPSA) is 69.7 Å². The third-order valence-corrected chi connectivity index (χ3v) is 9.23. The Morgan fingerprint density at radius 3 is 1.97 bits per heavy atom. The van der Waals surface area contributed by atoms with Gasteiger partial charge in [-0.15, -0.1) is 12.4 Å². The lowest BCUT2D eigenvalue weighted by Gasteiger charge is -2.50. The summed E-state index contributed by atoms with van der Waals surface area (Å²) >= 11 is 11.9. The van der Waals surface area contributed by atoms with Crippen LogP contribution in [0.15, 0.2) is 12.1 Å². The molecule has 0 spiro atoms. The standard InChI is InChI=1S/C21H26Cl2F5N3O3S.ClH/c1-2-35(33,34)31-9-7-30(8-10-31)19(3-5-20(24,25)6-4-19)13-29-18(32)17-15(22)11-14(12-16(17)23)21(26,27)28;/h11-12H,2-10,13H2,1H3,(H,29,32);1H. The number of benzene rings is 1. The van der Waals surface area contributed by atoms with Gasteiger partial charge in [-0.3, -0.25) is 9.69 Å². The van der Waals surface area contributed by atoms with Crippen molar-refractivity contribution in [3.05, 3.63) is 33.3 Å². The van der Waals surface area contributed by atoms with E-state index < -0.39 is 62.0 Å². The summed E-state index contributed by atoms with van der Waals surface area (Å²) in [6, 6.07) is 1.21. The molecule has 1 aliphatic carbocycles. The van der Waals surface area contributed by atoms with Crippen molar-refractivity contribution in [2.24, 2.45) is 0 Å². The van der Waals surface area contributed by atoms with E-state index in [0.29, 0.717) is 25.2 Å². The van der Waals surface area contributed by atoms with Gasteiger partial charge in [0, 0.05) is 51.1 Å². The van der Waals surface area contributed by atoms with Crippen LogP contribution in [0.5, 0.6) is 0 Å². The fourth-order valence-corrected chi connectivity index (χ4v) is 6.34. The number of carbonyl (C=O) groups excluding carboxylic acids is 1. The molecule has 0 bridgehead atoms. The molecule has 1 aliphatic heterocycles. The summed E-state index contributed by atoms with van der Waals surface area (Å²) in [5.41, 5.74) is -2.31. The molecule has 1 aromatic carbocycles. The summed E-state index contributed by atoms with van der Waals surface area (Å²) < 4.78 is 92.6. The number of carbonyl (C=O) groups is 1. The van der Waals surface area contributed by atoms with Gasteiger partial charge in [-0.1, -0.05) is 23.2 Å². The van der Waals surface area contributed by atoms with Crippen LogP contribution < -0.4 is 5.32 Å². The average molecular weight is 603 g/mol. The molecule has 36 heavy (non-hydrogen) atoms. The first kappa shape index (κ1) is 31.3. The van der Waals surface area contributed by atoms with Crippen LogP contribution in [0, 0.1) is 0 Å². The zero-order valence-electron chi connectivity index (χ0n) is 19.3. The van der Waals surface area contributed by atoms with Gasteiger partial charge in [-0.2, -0.15) is 17.5 Å². The maximum atomic E-state index is 14.0. The van der Waals surface area contributed by atoms with Crippen molar-refractivity contribution in [3.63, 3.8) is 0 Å². The Labute approximate surface area is 222 Å². The summed E-state index contributed by atoms with van der Waals surface area (Å²) in [6.45, 7) is 2.44. The first-order chi connectivity index (χ1) is 16.1. The first-order valence-corrected chi connectivity index (χ1v) is 13.4. The van der Waals surface area contributed by atoms with Crippen LogP contribution in [-0.4, -0.2) is 73.5 Å². The molecule has 1 amide bonds. The molecular weight excluding hydrogens is 576 g/mol. The zero-order valence-corrected chi connectivity index (χ0v) is 22.5. The van der Waals surface area contributed by atoms with E-state index in [-0.39, 0.29) is 56.2 Å². The Kier molecular flexibility index (Phi) is 9.95. The summed E-state index contributed by atoms with van der Waals surface area (Å²) in [5.74, 6) is -3.71. The minimum atomic E-state index is -4.70. The minimum Gasteiger partial charge on any atom is -0.350 e. The number of alkyl halides is 5. The van der Waals surface area contributed by atoms with Crippen molar-refractivity contribution in [1.29, 1.82) is 0 Å². The largest absolute Gasteiger partial charge is 0.416 e. The summed E-state index contributed by atoms with van der Waals surface area (Å²) in [4.78, 5) is 14.8. The lowest BCUT2D eigenvalue weighted by Crippen LogP contribution is -2.63. The van der Waals surface area contributed by atoms with E-state index in [1.807, 2.05) is 4.90 Å². The molecule has 1 saturated heterocycles. The molecule has 2 aliphatic rings. The van der Waals surface area contributed by atoms with Gasteiger partial charge in [0.2, 0.25) is 15.9 Å². The Hall–Kier alpha value is -0.920. The van der Waals surface area contributed by atoms with E-state index in [9.17, 15) is 35.2 Å².